The number of rotatable bonds is 1. The van der Waals surface area contributed by atoms with Crippen LogP contribution in [0.5, 0.6) is 0 Å². The Kier molecular flexibility index (Phi) is 3.24. The van der Waals surface area contributed by atoms with Gasteiger partial charge in [-0.1, -0.05) is 22.0 Å². The predicted molar refractivity (Wildman–Crippen MR) is 51.7 cm³/mol. The molecule has 11 heavy (non-hydrogen) atoms. The summed E-state index contributed by atoms with van der Waals surface area (Å²) in [6.45, 7) is 0. The molecule has 60 valence electrons. The number of hydrogen-bond donors (Lipinski definition) is 0. The molecule has 1 rings (SSSR count). The molecule has 0 radical (unpaired) electrons. The second-order valence-electron chi connectivity index (χ2n) is 1.97. The Morgan fingerprint density at radius 1 is 1.36 bits per heavy atom. The van der Waals surface area contributed by atoms with Gasteiger partial charge in [-0.2, -0.15) is 0 Å². The fourth-order valence-corrected chi connectivity index (χ4v) is 1.63. The van der Waals surface area contributed by atoms with Gasteiger partial charge in [-0.15, -0.1) is 0 Å². The molecule has 0 N–H and O–H groups in total. The SMILES string of the molecule is Fc1ccc(CBr)c(F)c1I. The summed E-state index contributed by atoms with van der Waals surface area (Å²) in [7, 11) is 0. The monoisotopic (exact) mass is 332 g/mol. The lowest BCUT2D eigenvalue weighted by Crippen LogP contribution is -1.93. The molecule has 0 unspecified atom stereocenters. The van der Waals surface area contributed by atoms with E-state index in [1.807, 2.05) is 0 Å². The van der Waals surface area contributed by atoms with Crippen LogP contribution in [0.3, 0.4) is 0 Å². The highest BCUT2D eigenvalue weighted by Gasteiger charge is 2.08. The third-order valence-electron chi connectivity index (χ3n) is 1.26. The minimum absolute atomic E-state index is 0.0551. The minimum atomic E-state index is -0.507. The largest absolute Gasteiger partial charge is 0.206 e. The molecule has 1 aromatic carbocycles. The van der Waals surface area contributed by atoms with E-state index >= 15 is 0 Å². The Hall–Kier alpha value is 0.290. The summed E-state index contributed by atoms with van der Waals surface area (Å²) in [4.78, 5) is 0. The molecule has 0 aliphatic carbocycles. The highest BCUT2D eigenvalue weighted by Crippen LogP contribution is 2.20. The van der Waals surface area contributed by atoms with Gasteiger partial charge >= 0.3 is 0 Å². The van der Waals surface area contributed by atoms with Gasteiger partial charge in [0.25, 0.3) is 0 Å². The first kappa shape index (κ1) is 9.38. The first-order valence-corrected chi connectivity index (χ1v) is 5.05. The van der Waals surface area contributed by atoms with Gasteiger partial charge < -0.3 is 0 Å². The molecule has 0 amide bonds. The van der Waals surface area contributed by atoms with E-state index in [9.17, 15) is 8.78 Å². The van der Waals surface area contributed by atoms with Crippen LogP contribution in [-0.4, -0.2) is 0 Å². The normalized spacial score (nSPS) is 10.2. The van der Waals surface area contributed by atoms with Crippen LogP contribution in [0.15, 0.2) is 12.1 Å². The summed E-state index contributed by atoms with van der Waals surface area (Å²) in [5.74, 6) is -0.977. The van der Waals surface area contributed by atoms with Crippen molar-refractivity contribution in [1.29, 1.82) is 0 Å². The molecule has 0 fully saturated rings. The Bertz CT molecular complexity index is 275. The number of halogens is 4. The number of hydrogen-bond acceptors (Lipinski definition) is 0. The Morgan fingerprint density at radius 2 is 2.00 bits per heavy atom. The second kappa shape index (κ2) is 3.80. The standard InChI is InChI=1S/C7H4BrF2I/c8-3-4-1-2-5(9)7(11)6(4)10/h1-2H,3H2. The van der Waals surface area contributed by atoms with Crippen molar-refractivity contribution < 1.29 is 8.78 Å². The van der Waals surface area contributed by atoms with E-state index in [1.165, 1.54) is 12.1 Å². The molecule has 0 bridgehead atoms. The Labute approximate surface area is 85.3 Å². The predicted octanol–water partition coefficient (Wildman–Crippen LogP) is 3.46. The maximum Gasteiger partial charge on any atom is 0.143 e. The average Bonchev–Trinajstić information content (AvgIpc) is 2.01. The summed E-state index contributed by atoms with van der Waals surface area (Å²) < 4.78 is 25.7. The van der Waals surface area contributed by atoms with Crippen LogP contribution in [0.4, 0.5) is 8.78 Å². The van der Waals surface area contributed by atoms with Crippen LogP contribution in [0.2, 0.25) is 0 Å². The van der Waals surface area contributed by atoms with Crippen molar-refractivity contribution in [1.82, 2.24) is 0 Å². The molecular weight excluding hydrogens is 329 g/mol. The molecule has 0 saturated carbocycles. The molecule has 0 aliphatic heterocycles. The molecule has 0 saturated heterocycles. The van der Waals surface area contributed by atoms with Crippen LogP contribution in [0.25, 0.3) is 0 Å². The summed E-state index contributed by atoms with van der Waals surface area (Å²) >= 11 is 4.75. The Balaban J connectivity index is 3.25. The molecule has 1 aromatic rings. The van der Waals surface area contributed by atoms with Crippen LogP contribution in [0, 0.1) is 15.2 Å². The lowest BCUT2D eigenvalue weighted by molar-refractivity contribution is 0.564. The van der Waals surface area contributed by atoms with Gasteiger partial charge in [0.1, 0.15) is 11.6 Å². The zero-order valence-electron chi connectivity index (χ0n) is 5.37. The lowest BCUT2D eigenvalue weighted by Gasteiger charge is -2.00. The van der Waals surface area contributed by atoms with Gasteiger partial charge in [0, 0.05) is 5.33 Å². The topological polar surface area (TPSA) is 0 Å². The quantitative estimate of drug-likeness (QED) is 0.420. The van der Waals surface area contributed by atoms with Crippen LogP contribution >= 0.6 is 38.5 Å². The molecule has 0 spiro atoms. The van der Waals surface area contributed by atoms with Gasteiger partial charge in [0.15, 0.2) is 0 Å². The van der Waals surface area contributed by atoms with Gasteiger partial charge in [0.05, 0.1) is 3.57 Å². The van der Waals surface area contributed by atoms with Gasteiger partial charge in [-0.25, -0.2) is 8.78 Å². The smallest absolute Gasteiger partial charge is 0.143 e. The third kappa shape index (κ3) is 1.90. The highest BCUT2D eigenvalue weighted by atomic mass is 127. The summed E-state index contributed by atoms with van der Waals surface area (Å²) in [5, 5.41) is 0.412. The van der Waals surface area contributed by atoms with Gasteiger partial charge in [0.2, 0.25) is 0 Å². The highest BCUT2D eigenvalue weighted by molar-refractivity contribution is 14.1. The molecule has 0 heterocycles. The lowest BCUT2D eigenvalue weighted by atomic mass is 10.2. The second-order valence-corrected chi connectivity index (χ2v) is 3.61. The Morgan fingerprint density at radius 3 is 2.55 bits per heavy atom. The zero-order chi connectivity index (χ0) is 8.43. The van der Waals surface area contributed by atoms with E-state index in [0.29, 0.717) is 10.9 Å². The van der Waals surface area contributed by atoms with Gasteiger partial charge in [-0.3, -0.25) is 0 Å². The van der Waals surface area contributed by atoms with E-state index in [1.54, 1.807) is 22.6 Å². The summed E-state index contributed by atoms with van der Waals surface area (Å²) in [6, 6.07) is 2.70. The molecule has 4 heteroatoms. The molecule has 0 nitrogen and oxygen atoms in total. The van der Waals surface area contributed by atoms with E-state index in [-0.39, 0.29) is 3.57 Å². The first-order valence-electron chi connectivity index (χ1n) is 2.85. The van der Waals surface area contributed by atoms with Crippen molar-refractivity contribution in [2.75, 3.05) is 0 Å². The van der Waals surface area contributed by atoms with Crippen molar-refractivity contribution in [2.24, 2.45) is 0 Å². The van der Waals surface area contributed by atoms with E-state index in [4.69, 9.17) is 0 Å². The number of benzene rings is 1. The summed E-state index contributed by atoms with van der Waals surface area (Å²) in [6.07, 6.45) is 0. The van der Waals surface area contributed by atoms with Gasteiger partial charge in [-0.05, 0) is 34.2 Å². The van der Waals surface area contributed by atoms with Crippen molar-refractivity contribution in [2.45, 2.75) is 5.33 Å². The van der Waals surface area contributed by atoms with E-state index < -0.39 is 11.6 Å². The minimum Gasteiger partial charge on any atom is -0.206 e. The first-order chi connectivity index (χ1) is 5.16. The molecular formula is C7H4BrF2I. The fourth-order valence-electron chi connectivity index (χ4n) is 0.669. The van der Waals surface area contributed by atoms with Crippen LogP contribution in [0.1, 0.15) is 5.56 Å². The molecule has 0 aromatic heterocycles. The van der Waals surface area contributed by atoms with E-state index in [0.717, 1.165) is 0 Å². The maximum absolute atomic E-state index is 13.0. The fraction of sp³-hybridized carbons (Fsp3) is 0.143. The van der Waals surface area contributed by atoms with Crippen molar-refractivity contribution >= 4 is 38.5 Å². The van der Waals surface area contributed by atoms with Crippen LogP contribution < -0.4 is 0 Å². The summed E-state index contributed by atoms with van der Waals surface area (Å²) in [5.41, 5.74) is 0.482. The molecule has 0 aliphatic rings. The van der Waals surface area contributed by atoms with Crippen molar-refractivity contribution in [3.8, 4) is 0 Å². The van der Waals surface area contributed by atoms with Crippen molar-refractivity contribution in [3.05, 3.63) is 32.9 Å². The maximum atomic E-state index is 13.0. The molecule has 0 atom stereocenters. The van der Waals surface area contributed by atoms with Crippen molar-refractivity contribution in [3.63, 3.8) is 0 Å². The number of alkyl halides is 1. The van der Waals surface area contributed by atoms with E-state index in [2.05, 4.69) is 15.9 Å². The zero-order valence-corrected chi connectivity index (χ0v) is 9.12. The average molecular weight is 333 g/mol. The van der Waals surface area contributed by atoms with Crippen LogP contribution in [-0.2, 0) is 5.33 Å². The third-order valence-corrected chi connectivity index (χ3v) is 2.85.